The molecular formula is C28H28Cl2N4O5. The van der Waals surface area contributed by atoms with E-state index in [1.165, 1.54) is 6.33 Å². The lowest BCUT2D eigenvalue weighted by atomic mass is 10.1. The van der Waals surface area contributed by atoms with E-state index >= 15 is 0 Å². The number of aliphatic carboxylic acids is 1. The normalized spacial score (nSPS) is 14.7. The zero-order chi connectivity index (χ0) is 27.7. The zero-order valence-electron chi connectivity index (χ0n) is 21.8. The molecule has 1 aliphatic carbocycles. The lowest BCUT2D eigenvalue weighted by Crippen LogP contribution is -2.13. The van der Waals surface area contributed by atoms with Crippen LogP contribution in [-0.4, -0.2) is 49.9 Å². The number of ether oxygens (including phenoxy) is 3. The first-order valence-corrected chi connectivity index (χ1v) is 13.3. The van der Waals surface area contributed by atoms with E-state index in [1.54, 1.807) is 19.2 Å². The Hall–Kier alpha value is -3.56. The minimum absolute atomic E-state index is 0.00502. The Morgan fingerprint density at radius 1 is 1.18 bits per heavy atom. The molecule has 0 radical (unpaired) electrons. The maximum Gasteiger partial charge on any atom is 0.303 e. The van der Waals surface area contributed by atoms with E-state index in [0.29, 0.717) is 56.5 Å². The molecule has 11 heteroatoms. The van der Waals surface area contributed by atoms with Crippen molar-refractivity contribution in [3.8, 4) is 28.8 Å². The molecule has 4 aromatic rings. The van der Waals surface area contributed by atoms with E-state index < -0.39 is 5.97 Å². The first-order valence-electron chi connectivity index (χ1n) is 12.5. The molecule has 1 atom stereocenters. The molecule has 39 heavy (non-hydrogen) atoms. The highest BCUT2D eigenvalue weighted by Gasteiger charge is 2.41. The Kier molecular flexibility index (Phi) is 7.55. The Morgan fingerprint density at radius 2 is 1.97 bits per heavy atom. The van der Waals surface area contributed by atoms with Gasteiger partial charge in [-0.3, -0.25) is 4.79 Å². The third kappa shape index (κ3) is 5.89. The Balaban J connectivity index is 1.61. The van der Waals surface area contributed by atoms with Crippen LogP contribution in [0.5, 0.6) is 17.4 Å². The van der Waals surface area contributed by atoms with Crippen LogP contribution in [0.15, 0.2) is 42.7 Å². The lowest BCUT2D eigenvalue weighted by molar-refractivity contribution is -0.138. The van der Waals surface area contributed by atoms with Crippen LogP contribution in [0, 0.1) is 5.92 Å². The molecule has 0 saturated heterocycles. The van der Waals surface area contributed by atoms with E-state index in [-0.39, 0.29) is 24.5 Å². The number of hydrogen-bond acceptors (Lipinski definition) is 7. The molecule has 0 spiro atoms. The standard InChI is InChI=1S/C28H28Cl2N4O5/c1-16(11-22(35)36)14-38-21-6-4-5-19(23(21)30)25-33-24-26(31-15-32-27(24)39-28(2)9-10-28)34(25)13-17-12-18(29)7-8-20(17)37-3/h4-8,12,15-16H,9-11,13-14H2,1-3H3,(H,35,36). The lowest BCUT2D eigenvalue weighted by Gasteiger charge is -2.16. The van der Waals surface area contributed by atoms with Crippen molar-refractivity contribution in [1.29, 1.82) is 0 Å². The first-order chi connectivity index (χ1) is 18.7. The smallest absolute Gasteiger partial charge is 0.303 e. The number of fused-ring (bicyclic) bond motifs is 1. The van der Waals surface area contributed by atoms with Crippen molar-refractivity contribution in [1.82, 2.24) is 19.5 Å². The van der Waals surface area contributed by atoms with Crippen molar-refractivity contribution in [3.63, 3.8) is 0 Å². The average molecular weight is 571 g/mol. The van der Waals surface area contributed by atoms with Gasteiger partial charge < -0.3 is 23.9 Å². The highest BCUT2D eigenvalue weighted by atomic mass is 35.5. The average Bonchev–Trinajstić information content (AvgIpc) is 3.51. The second kappa shape index (κ2) is 10.9. The predicted molar refractivity (Wildman–Crippen MR) is 148 cm³/mol. The minimum Gasteiger partial charge on any atom is -0.496 e. The van der Waals surface area contributed by atoms with Crippen molar-refractivity contribution in [3.05, 3.63) is 58.3 Å². The summed E-state index contributed by atoms with van der Waals surface area (Å²) in [5.74, 6) is 0.963. The van der Waals surface area contributed by atoms with Gasteiger partial charge in [-0.15, -0.1) is 0 Å². The van der Waals surface area contributed by atoms with E-state index in [2.05, 4.69) is 9.97 Å². The molecule has 9 nitrogen and oxygen atoms in total. The number of imidazole rings is 1. The van der Waals surface area contributed by atoms with Crippen LogP contribution >= 0.6 is 23.2 Å². The fraction of sp³-hybridized carbons (Fsp3) is 0.357. The van der Waals surface area contributed by atoms with Crippen LogP contribution in [0.2, 0.25) is 10.0 Å². The summed E-state index contributed by atoms with van der Waals surface area (Å²) in [6.45, 7) is 4.39. The number of rotatable bonds is 11. The molecule has 0 bridgehead atoms. The Bertz CT molecular complexity index is 1540. The third-order valence-electron chi connectivity index (χ3n) is 6.62. The van der Waals surface area contributed by atoms with Crippen molar-refractivity contribution < 1.29 is 24.1 Å². The van der Waals surface area contributed by atoms with Crippen LogP contribution in [-0.2, 0) is 11.3 Å². The molecular weight excluding hydrogens is 543 g/mol. The van der Waals surface area contributed by atoms with Crippen LogP contribution in [0.3, 0.4) is 0 Å². The molecule has 1 unspecified atom stereocenters. The van der Waals surface area contributed by atoms with Crippen molar-refractivity contribution in [2.75, 3.05) is 13.7 Å². The molecule has 204 valence electrons. The van der Waals surface area contributed by atoms with Crippen LogP contribution in [0.1, 0.15) is 38.7 Å². The summed E-state index contributed by atoms with van der Waals surface area (Å²) < 4.78 is 19.7. The summed E-state index contributed by atoms with van der Waals surface area (Å²) in [6.07, 6.45) is 3.34. The SMILES string of the molecule is COc1ccc(Cl)cc1Cn1c(-c2cccc(OCC(C)CC(=O)O)c2Cl)nc2c(OC3(C)CC3)ncnc21. The van der Waals surface area contributed by atoms with E-state index in [9.17, 15) is 4.79 Å². The highest BCUT2D eigenvalue weighted by Crippen LogP contribution is 2.42. The number of carboxylic acids is 1. The van der Waals surface area contributed by atoms with Gasteiger partial charge in [0.25, 0.3) is 0 Å². The van der Waals surface area contributed by atoms with E-state index in [0.717, 1.165) is 18.4 Å². The van der Waals surface area contributed by atoms with Gasteiger partial charge in [0.15, 0.2) is 11.2 Å². The van der Waals surface area contributed by atoms with Gasteiger partial charge in [-0.05, 0) is 50.1 Å². The predicted octanol–water partition coefficient (Wildman–Crippen LogP) is 6.28. The number of nitrogens with zero attached hydrogens (tertiary/aromatic N) is 4. The van der Waals surface area contributed by atoms with Crippen LogP contribution < -0.4 is 14.2 Å². The number of carboxylic acid groups (broad SMARTS) is 1. The maximum absolute atomic E-state index is 11.1. The van der Waals surface area contributed by atoms with E-state index in [4.69, 9.17) is 47.5 Å². The zero-order valence-corrected chi connectivity index (χ0v) is 23.3. The number of aromatic nitrogens is 4. The van der Waals surface area contributed by atoms with Gasteiger partial charge >= 0.3 is 5.97 Å². The van der Waals surface area contributed by atoms with Gasteiger partial charge in [-0.2, -0.15) is 4.98 Å². The van der Waals surface area contributed by atoms with Crippen LogP contribution in [0.25, 0.3) is 22.6 Å². The number of hydrogen-bond donors (Lipinski definition) is 1. The molecule has 1 N–H and O–H groups in total. The highest BCUT2D eigenvalue weighted by molar-refractivity contribution is 6.34. The quantitative estimate of drug-likeness (QED) is 0.224. The largest absolute Gasteiger partial charge is 0.496 e. The third-order valence-corrected chi connectivity index (χ3v) is 7.24. The molecule has 0 aliphatic heterocycles. The summed E-state index contributed by atoms with van der Waals surface area (Å²) in [5.41, 5.74) is 2.26. The molecule has 1 fully saturated rings. The van der Waals surface area contributed by atoms with Gasteiger partial charge in [0.1, 0.15) is 29.3 Å². The molecule has 0 amide bonds. The van der Waals surface area contributed by atoms with Gasteiger partial charge in [0.2, 0.25) is 5.88 Å². The fourth-order valence-electron chi connectivity index (χ4n) is 4.28. The molecule has 1 saturated carbocycles. The Labute approximate surface area is 235 Å². The second-order valence-corrected chi connectivity index (χ2v) is 10.8. The number of methoxy groups -OCH3 is 1. The maximum atomic E-state index is 11.1. The number of carbonyl (C=O) groups is 1. The molecule has 2 aromatic carbocycles. The number of benzene rings is 2. The van der Waals surface area contributed by atoms with Crippen molar-refractivity contribution >= 4 is 40.3 Å². The monoisotopic (exact) mass is 570 g/mol. The van der Waals surface area contributed by atoms with Gasteiger partial charge in [0.05, 0.1) is 31.7 Å². The molecule has 2 aromatic heterocycles. The summed E-state index contributed by atoms with van der Waals surface area (Å²) in [4.78, 5) is 24.9. The molecule has 1 aliphatic rings. The van der Waals surface area contributed by atoms with Crippen molar-refractivity contribution in [2.45, 2.75) is 45.3 Å². The summed E-state index contributed by atoms with van der Waals surface area (Å²) in [5, 5.41) is 9.99. The van der Waals surface area contributed by atoms with Gasteiger partial charge in [-0.25, -0.2) is 9.97 Å². The first kappa shape index (κ1) is 27.0. The van der Waals surface area contributed by atoms with Crippen LogP contribution in [0.4, 0.5) is 0 Å². The fourth-order valence-corrected chi connectivity index (χ4v) is 4.74. The number of halogens is 2. The van der Waals surface area contributed by atoms with E-state index in [1.807, 2.05) is 42.7 Å². The molecule has 2 heterocycles. The summed E-state index contributed by atoms with van der Waals surface area (Å²) >= 11 is 13.2. The van der Waals surface area contributed by atoms with Gasteiger partial charge in [-0.1, -0.05) is 36.2 Å². The minimum atomic E-state index is -0.879. The topological polar surface area (TPSA) is 109 Å². The Morgan fingerprint density at radius 3 is 2.69 bits per heavy atom. The molecule has 5 rings (SSSR count). The van der Waals surface area contributed by atoms with Crippen molar-refractivity contribution in [2.24, 2.45) is 5.92 Å². The second-order valence-electron chi connectivity index (χ2n) is 10.0. The summed E-state index contributed by atoms with van der Waals surface area (Å²) in [7, 11) is 1.60. The summed E-state index contributed by atoms with van der Waals surface area (Å²) in [6, 6.07) is 10.8. The van der Waals surface area contributed by atoms with Gasteiger partial charge in [0, 0.05) is 22.1 Å².